The number of hydrogen-bond acceptors (Lipinski definition) is 3. The molecule has 0 aliphatic rings. The molecule has 122 valence electrons. The number of carbonyl (C=O) groups excluding carboxylic acids is 1. The van der Waals surface area contributed by atoms with Crippen LogP contribution < -0.4 is 5.32 Å². The van der Waals surface area contributed by atoms with E-state index in [4.69, 9.17) is 0 Å². The van der Waals surface area contributed by atoms with Crippen LogP contribution in [0.4, 0.5) is 18.9 Å². The van der Waals surface area contributed by atoms with Crippen LogP contribution in [0.25, 0.3) is 0 Å². The third-order valence-corrected chi connectivity index (χ3v) is 4.58. The molecule has 0 aliphatic heterocycles. The van der Waals surface area contributed by atoms with Gasteiger partial charge in [0.1, 0.15) is 22.1 Å². The number of amides is 1. The molecule has 0 bridgehead atoms. The molecule has 0 heterocycles. The lowest BCUT2D eigenvalue weighted by Gasteiger charge is -2.10. The number of halogens is 4. The van der Waals surface area contributed by atoms with Gasteiger partial charge in [-0.3, -0.25) is 4.79 Å². The van der Waals surface area contributed by atoms with Crippen LogP contribution in [0.5, 0.6) is 0 Å². The molecular formula is C14H9BrF3NO3S. The first-order valence-electron chi connectivity index (χ1n) is 6.05. The lowest BCUT2D eigenvalue weighted by atomic mass is 10.1. The van der Waals surface area contributed by atoms with Crippen molar-refractivity contribution in [2.75, 3.05) is 11.6 Å². The average molecular weight is 408 g/mol. The van der Waals surface area contributed by atoms with Crippen molar-refractivity contribution >= 4 is 37.4 Å². The smallest absolute Gasteiger partial charge is 0.261 e. The Labute approximate surface area is 138 Å². The van der Waals surface area contributed by atoms with Crippen LogP contribution in [-0.4, -0.2) is 20.6 Å². The van der Waals surface area contributed by atoms with E-state index in [1.54, 1.807) is 0 Å². The van der Waals surface area contributed by atoms with Gasteiger partial charge in [-0.2, -0.15) is 0 Å². The van der Waals surface area contributed by atoms with Gasteiger partial charge in [0.2, 0.25) is 0 Å². The Kier molecular flexibility index (Phi) is 4.81. The van der Waals surface area contributed by atoms with Crippen LogP contribution in [0.2, 0.25) is 0 Å². The van der Waals surface area contributed by atoms with Gasteiger partial charge in [0.15, 0.2) is 15.7 Å². The molecule has 9 heteroatoms. The zero-order valence-electron chi connectivity index (χ0n) is 11.5. The molecule has 23 heavy (non-hydrogen) atoms. The Morgan fingerprint density at radius 3 is 2.26 bits per heavy atom. The van der Waals surface area contributed by atoms with Gasteiger partial charge in [-0.1, -0.05) is 0 Å². The fourth-order valence-corrected chi connectivity index (χ4v) is 2.92. The lowest BCUT2D eigenvalue weighted by Crippen LogP contribution is -2.18. The minimum atomic E-state index is -3.97. The van der Waals surface area contributed by atoms with Crippen LogP contribution >= 0.6 is 15.9 Å². The van der Waals surface area contributed by atoms with Gasteiger partial charge in [-0.05, 0) is 46.3 Å². The molecule has 0 unspecified atom stereocenters. The zero-order chi connectivity index (χ0) is 17.4. The summed E-state index contributed by atoms with van der Waals surface area (Å²) in [5.74, 6) is -4.47. The molecule has 0 aromatic heterocycles. The van der Waals surface area contributed by atoms with Gasteiger partial charge < -0.3 is 5.32 Å². The van der Waals surface area contributed by atoms with Crippen molar-refractivity contribution in [1.29, 1.82) is 0 Å². The Bertz CT molecular complexity index is 900. The third-order valence-electron chi connectivity index (χ3n) is 2.86. The Morgan fingerprint density at radius 1 is 1.09 bits per heavy atom. The summed E-state index contributed by atoms with van der Waals surface area (Å²) >= 11 is 2.91. The SMILES string of the molecule is CS(=O)(=O)c1ccc(F)c(C(=O)Nc2ccc(F)c(Br)c2)c1F. The molecule has 2 aromatic rings. The van der Waals surface area contributed by atoms with E-state index in [2.05, 4.69) is 21.2 Å². The number of sulfone groups is 1. The molecule has 0 atom stereocenters. The van der Waals surface area contributed by atoms with Crippen molar-refractivity contribution in [1.82, 2.24) is 0 Å². The molecule has 4 nitrogen and oxygen atoms in total. The van der Waals surface area contributed by atoms with Crippen molar-refractivity contribution in [3.63, 3.8) is 0 Å². The first-order chi connectivity index (χ1) is 10.6. The maximum atomic E-state index is 14.2. The molecule has 2 aromatic carbocycles. The summed E-state index contributed by atoms with van der Waals surface area (Å²) in [6.45, 7) is 0. The number of hydrogen-bond donors (Lipinski definition) is 1. The standard InChI is InChI=1S/C14H9BrF3NO3S/c1-23(21,22)11-5-4-10(17)12(13(11)18)14(20)19-7-2-3-9(16)8(15)6-7/h2-6H,1H3,(H,19,20). The normalized spacial score (nSPS) is 11.3. The summed E-state index contributed by atoms with van der Waals surface area (Å²) in [7, 11) is -3.97. The second kappa shape index (κ2) is 6.32. The highest BCUT2D eigenvalue weighted by Crippen LogP contribution is 2.24. The maximum absolute atomic E-state index is 14.2. The van der Waals surface area contributed by atoms with E-state index in [0.717, 1.165) is 18.4 Å². The molecule has 0 saturated carbocycles. The molecular weight excluding hydrogens is 399 g/mol. The van der Waals surface area contributed by atoms with Crippen molar-refractivity contribution < 1.29 is 26.4 Å². The summed E-state index contributed by atoms with van der Waals surface area (Å²) in [5, 5.41) is 2.18. The molecule has 0 radical (unpaired) electrons. The molecule has 0 fully saturated rings. The second-order valence-electron chi connectivity index (χ2n) is 4.59. The molecule has 1 N–H and O–H groups in total. The lowest BCUT2D eigenvalue weighted by molar-refractivity contribution is 0.101. The number of rotatable bonds is 3. The highest BCUT2D eigenvalue weighted by molar-refractivity contribution is 9.10. The van der Waals surface area contributed by atoms with Gasteiger partial charge in [0.25, 0.3) is 5.91 Å². The predicted molar refractivity (Wildman–Crippen MR) is 81.5 cm³/mol. The van der Waals surface area contributed by atoms with Gasteiger partial charge in [0.05, 0.1) is 4.47 Å². The summed E-state index contributed by atoms with van der Waals surface area (Å²) in [6.07, 6.45) is 0.738. The van der Waals surface area contributed by atoms with E-state index >= 15 is 0 Å². The quantitative estimate of drug-likeness (QED) is 0.791. The molecule has 2 rings (SSSR count). The third kappa shape index (κ3) is 3.73. The highest BCUT2D eigenvalue weighted by Gasteiger charge is 2.25. The van der Waals surface area contributed by atoms with Crippen LogP contribution in [-0.2, 0) is 9.84 Å². The van der Waals surface area contributed by atoms with E-state index < -0.39 is 43.7 Å². The van der Waals surface area contributed by atoms with E-state index in [9.17, 15) is 26.4 Å². The highest BCUT2D eigenvalue weighted by atomic mass is 79.9. The van der Waals surface area contributed by atoms with Crippen molar-refractivity contribution in [3.05, 3.63) is 57.8 Å². The first-order valence-corrected chi connectivity index (χ1v) is 8.74. The van der Waals surface area contributed by atoms with Gasteiger partial charge >= 0.3 is 0 Å². The number of nitrogens with one attached hydrogen (secondary N) is 1. The predicted octanol–water partition coefficient (Wildman–Crippen LogP) is 3.52. The zero-order valence-corrected chi connectivity index (χ0v) is 13.9. The van der Waals surface area contributed by atoms with Gasteiger partial charge in [-0.25, -0.2) is 21.6 Å². The molecule has 1 amide bonds. The summed E-state index contributed by atoms with van der Waals surface area (Å²) < 4.78 is 64.0. The number of carbonyl (C=O) groups is 1. The maximum Gasteiger partial charge on any atom is 0.261 e. The van der Waals surface area contributed by atoms with E-state index in [1.165, 1.54) is 12.1 Å². The number of anilines is 1. The van der Waals surface area contributed by atoms with Gasteiger partial charge in [0, 0.05) is 11.9 Å². The van der Waals surface area contributed by atoms with Crippen molar-refractivity contribution in [2.24, 2.45) is 0 Å². The van der Waals surface area contributed by atoms with Crippen LogP contribution in [0.1, 0.15) is 10.4 Å². The second-order valence-corrected chi connectivity index (χ2v) is 7.43. The first kappa shape index (κ1) is 17.5. The number of benzene rings is 2. The molecule has 0 saturated heterocycles. The molecule has 0 aliphatic carbocycles. The van der Waals surface area contributed by atoms with E-state index in [0.29, 0.717) is 6.07 Å². The van der Waals surface area contributed by atoms with Crippen molar-refractivity contribution in [2.45, 2.75) is 4.90 Å². The largest absolute Gasteiger partial charge is 0.322 e. The minimum absolute atomic E-state index is 0.0427. The Morgan fingerprint density at radius 2 is 1.70 bits per heavy atom. The Hall–Kier alpha value is -1.87. The summed E-state index contributed by atoms with van der Waals surface area (Å²) in [5.41, 5.74) is -0.958. The minimum Gasteiger partial charge on any atom is -0.322 e. The average Bonchev–Trinajstić information content (AvgIpc) is 2.41. The van der Waals surface area contributed by atoms with Gasteiger partial charge in [-0.15, -0.1) is 0 Å². The summed E-state index contributed by atoms with van der Waals surface area (Å²) in [4.78, 5) is 11.2. The van der Waals surface area contributed by atoms with Crippen LogP contribution in [0, 0.1) is 17.5 Å². The fourth-order valence-electron chi connectivity index (χ4n) is 1.80. The fraction of sp³-hybridized carbons (Fsp3) is 0.0714. The Balaban J connectivity index is 2.45. The van der Waals surface area contributed by atoms with Crippen molar-refractivity contribution in [3.8, 4) is 0 Å². The molecule has 0 spiro atoms. The van der Waals surface area contributed by atoms with E-state index in [1.807, 2.05) is 0 Å². The monoisotopic (exact) mass is 407 g/mol. The van der Waals surface area contributed by atoms with Crippen LogP contribution in [0.3, 0.4) is 0 Å². The van der Waals surface area contributed by atoms with E-state index in [-0.39, 0.29) is 10.2 Å². The summed E-state index contributed by atoms with van der Waals surface area (Å²) in [6, 6.07) is 4.86. The van der Waals surface area contributed by atoms with Crippen LogP contribution in [0.15, 0.2) is 39.7 Å². The topological polar surface area (TPSA) is 63.2 Å².